The van der Waals surface area contributed by atoms with Crippen molar-refractivity contribution in [2.45, 2.75) is 6.42 Å². The van der Waals surface area contributed by atoms with Gasteiger partial charge in [-0.3, -0.25) is 0 Å². The van der Waals surface area contributed by atoms with Gasteiger partial charge in [0.15, 0.2) is 0 Å². The predicted molar refractivity (Wildman–Crippen MR) is 63.8 cm³/mol. The normalized spacial score (nSPS) is 10.1. The Kier molecular flexibility index (Phi) is 6.29. The van der Waals surface area contributed by atoms with E-state index in [0.717, 1.165) is 18.8 Å². The van der Waals surface area contributed by atoms with Crippen molar-refractivity contribution in [2.75, 3.05) is 38.7 Å². The van der Waals surface area contributed by atoms with Gasteiger partial charge < -0.3 is 20.5 Å². The minimum Gasteiger partial charge on any atom is -0.481 e. The first-order valence-electron chi connectivity index (χ1n) is 5.39. The van der Waals surface area contributed by atoms with Gasteiger partial charge in [0.05, 0.1) is 13.7 Å². The summed E-state index contributed by atoms with van der Waals surface area (Å²) in [7, 11) is 1.60. The molecule has 1 rings (SSSR count). The van der Waals surface area contributed by atoms with Crippen LogP contribution in [0.25, 0.3) is 0 Å². The summed E-state index contributed by atoms with van der Waals surface area (Å²) in [6, 6.07) is 5.62. The zero-order chi connectivity index (χ0) is 11.6. The maximum Gasteiger partial charge on any atom is 0.214 e. The summed E-state index contributed by atoms with van der Waals surface area (Å²) in [5.41, 5.74) is 5.30. The van der Waals surface area contributed by atoms with Gasteiger partial charge in [-0.1, -0.05) is 6.07 Å². The molecule has 1 heterocycles. The van der Waals surface area contributed by atoms with E-state index < -0.39 is 0 Å². The zero-order valence-corrected chi connectivity index (χ0v) is 9.61. The largest absolute Gasteiger partial charge is 0.481 e. The van der Waals surface area contributed by atoms with Crippen molar-refractivity contribution in [3.05, 3.63) is 18.2 Å². The van der Waals surface area contributed by atoms with Crippen molar-refractivity contribution in [3.63, 3.8) is 0 Å². The van der Waals surface area contributed by atoms with Gasteiger partial charge >= 0.3 is 0 Å². The summed E-state index contributed by atoms with van der Waals surface area (Å²) in [6.07, 6.45) is 0.929. The first-order chi connectivity index (χ1) is 7.86. The Bertz CT molecular complexity index is 294. The van der Waals surface area contributed by atoms with E-state index in [-0.39, 0.29) is 0 Å². The molecular formula is C11H19N3O2. The Morgan fingerprint density at radius 2 is 2.25 bits per heavy atom. The molecule has 0 aliphatic rings. The molecule has 1 aromatic heterocycles. The highest BCUT2D eigenvalue weighted by molar-refractivity contribution is 5.36. The molecule has 0 unspecified atom stereocenters. The first kappa shape index (κ1) is 12.7. The Hall–Kier alpha value is -1.33. The van der Waals surface area contributed by atoms with Crippen LogP contribution in [0, 0.1) is 0 Å². The molecule has 5 nitrogen and oxygen atoms in total. The quantitative estimate of drug-likeness (QED) is 0.642. The molecule has 0 saturated heterocycles. The molecule has 0 fully saturated rings. The van der Waals surface area contributed by atoms with E-state index in [0.29, 0.717) is 25.6 Å². The van der Waals surface area contributed by atoms with Gasteiger partial charge in [0.1, 0.15) is 5.82 Å². The Morgan fingerprint density at radius 3 is 3.00 bits per heavy atom. The van der Waals surface area contributed by atoms with Gasteiger partial charge in [0, 0.05) is 25.8 Å². The molecule has 0 aliphatic carbocycles. The molecule has 0 radical (unpaired) electrons. The van der Waals surface area contributed by atoms with Crippen LogP contribution in [-0.4, -0.2) is 38.4 Å². The van der Waals surface area contributed by atoms with Gasteiger partial charge in [0.25, 0.3) is 0 Å². The molecule has 3 N–H and O–H groups in total. The number of nitrogens with two attached hydrogens (primary N) is 1. The molecule has 0 aliphatic heterocycles. The molecule has 5 heteroatoms. The highest BCUT2D eigenvalue weighted by Crippen LogP contribution is 2.10. The van der Waals surface area contributed by atoms with Crippen molar-refractivity contribution in [1.82, 2.24) is 4.98 Å². The van der Waals surface area contributed by atoms with Crippen molar-refractivity contribution >= 4 is 5.82 Å². The number of ether oxygens (including phenoxy) is 2. The topological polar surface area (TPSA) is 69.4 Å². The molecule has 0 atom stereocenters. The number of nitrogens with zero attached hydrogens (tertiary/aromatic N) is 1. The van der Waals surface area contributed by atoms with Crippen LogP contribution in [0.1, 0.15) is 6.42 Å². The van der Waals surface area contributed by atoms with Gasteiger partial charge in [0.2, 0.25) is 5.88 Å². The summed E-state index contributed by atoms with van der Waals surface area (Å²) in [5.74, 6) is 1.43. The van der Waals surface area contributed by atoms with Crippen LogP contribution in [0.4, 0.5) is 5.82 Å². The van der Waals surface area contributed by atoms with E-state index >= 15 is 0 Å². The molecule has 90 valence electrons. The van der Waals surface area contributed by atoms with Crippen molar-refractivity contribution in [1.29, 1.82) is 0 Å². The summed E-state index contributed by atoms with van der Waals surface area (Å²) in [5, 5.41) is 3.19. The van der Waals surface area contributed by atoms with Crippen LogP contribution < -0.4 is 15.8 Å². The monoisotopic (exact) mass is 225 g/mol. The van der Waals surface area contributed by atoms with Gasteiger partial charge in [-0.2, -0.15) is 4.98 Å². The Balaban J connectivity index is 2.16. The Morgan fingerprint density at radius 1 is 1.38 bits per heavy atom. The highest BCUT2D eigenvalue weighted by atomic mass is 16.5. The summed E-state index contributed by atoms with van der Waals surface area (Å²) in [4.78, 5) is 4.23. The molecule has 0 bridgehead atoms. The fraction of sp³-hybridized carbons (Fsp3) is 0.545. The van der Waals surface area contributed by atoms with Crippen molar-refractivity contribution in [3.8, 4) is 5.88 Å². The molecule has 0 spiro atoms. The van der Waals surface area contributed by atoms with E-state index in [2.05, 4.69) is 10.3 Å². The fourth-order valence-electron chi connectivity index (χ4n) is 1.20. The van der Waals surface area contributed by atoms with Crippen molar-refractivity contribution in [2.24, 2.45) is 5.73 Å². The lowest BCUT2D eigenvalue weighted by Gasteiger charge is -2.07. The fourth-order valence-corrected chi connectivity index (χ4v) is 1.20. The number of methoxy groups -OCH3 is 1. The van der Waals surface area contributed by atoms with E-state index in [1.54, 1.807) is 7.11 Å². The number of nitrogens with one attached hydrogen (secondary N) is 1. The SMILES string of the molecule is COc1cccc(NCCCOCCN)n1. The van der Waals surface area contributed by atoms with Gasteiger partial charge in [-0.05, 0) is 12.5 Å². The highest BCUT2D eigenvalue weighted by Gasteiger charge is 1.96. The summed E-state index contributed by atoms with van der Waals surface area (Å²) in [6.45, 7) is 2.74. The molecular weight excluding hydrogens is 206 g/mol. The summed E-state index contributed by atoms with van der Waals surface area (Å²) < 4.78 is 10.3. The van der Waals surface area contributed by atoms with E-state index in [4.69, 9.17) is 15.2 Å². The van der Waals surface area contributed by atoms with Crippen LogP contribution in [0.15, 0.2) is 18.2 Å². The molecule has 1 aromatic rings. The number of hydrogen-bond donors (Lipinski definition) is 2. The second-order valence-electron chi connectivity index (χ2n) is 3.25. The molecule has 16 heavy (non-hydrogen) atoms. The number of rotatable bonds is 8. The Labute approximate surface area is 96.0 Å². The zero-order valence-electron chi connectivity index (χ0n) is 9.61. The molecule has 0 aromatic carbocycles. The minimum atomic E-state index is 0.574. The third-order valence-corrected chi connectivity index (χ3v) is 1.97. The van der Waals surface area contributed by atoms with Crippen molar-refractivity contribution < 1.29 is 9.47 Å². The lowest BCUT2D eigenvalue weighted by atomic mass is 10.4. The third-order valence-electron chi connectivity index (χ3n) is 1.97. The molecule has 0 saturated carbocycles. The maximum absolute atomic E-state index is 5.30. The van der Waals surface area contributed by atoms with Crippen LogP contribution in [-0.2, 0) is 4.74 Å². The lowest BCUT2D eigenvalue weighted by molar-refractivity contribution is 0.141. The predicted octanol–water partition coefficient (Wildman–Crippen LogP) is 0.867. The standard InChI is InChI=1S/C11H19N3O2/c1-15-11-5-2-4-10(14-11)13-7-3-8-16-9-6-12/h2,4-5H,3,6-9,12H2,1H3,(H,13,14). The maximum atomic E-state index is 5.30. The smallest absolute Gasteiger partial charge is 0.214 e. The number of anilines is 1. The summed E-state index contributed by atoms with van der Waals surface area (Å²) >= 11 is 0. The second kappa shape index (κ2) is 7.90. The van der Waals surface area contributed by atoms with Crippen LogP contribution >= 0.6 is 0 Å². The van der Waals surface area contributed by atoms with Gasteiger partial charge in [-0.15, -0.1) is 0 Å². The van der Waals surface area contributed by atoms with E-state index in [1.165, 1.54) is 0 Å². The molecule has 0 amide bonds. The van der Waals surface area contributed by atoms with Crippen LogP contribution in [0.3, 0.4) is 0 Å². The first-order valence-corrected chi connectivity index (χ1v) is 5.39. The second-order valence-corrected chi connectivity index (χ2v) is 3.25. The van der Waals surface area contributed by atoms with Crippen LogP contribution in [0.2, 0.25) is 0 Å². The number of pyridine rings is 1. The number of hydrogen-bond acceptors (Lipinski definition) is 5. The minimum absolute atomic E-state index is 0.574. The van der Waals surface area contributed by atoms with Gasteiger partial charge in [-0.25, -0.2) is 0 Å². The number of aromatic nitrogens is 1. The van der Waals surface area contributed by atoms with E-state index in [9.17, 15) is 0 Å². The van der Waals surface area contributed by atoms with Crippen LogP contribution in [0.5, 0.6) is 5.88 Å². The third kappa shape index (κ3) is 4.95. The average molecular weight is 225 g/mol. The average Bonchev–Trinajstić information content (AvgIpc) is 2.34. The van der Waals surface area contributed by atoms with E-state index in [1.807, 2.05) is 18.2 Å². The lowest BCUT2D eigenvalue weighted by Crippen LogP contribution is -2.11.